The molecule has 1 aliphatic heterocycles. The van der Waals surface area contributed by atoms with Crippen molar-refractivity contribution in [3.63, 3.8) is 0 Å². The van der Waals surface area contributed by atoms with Crippen molar-refractivity contribution >= 4 is 0 Å². The van der Waals surface area contributed by atoms with Crippen molar-refractivity contribution in [2.75, 3.05) is 6.61 Å². The van der Waals surface area contributed by atoms with Gasteiger partial charge < -0.3 is 4.74 Å². The molecule has 12 heavy (non-hydrogen) atoms. The molecule has 0 aromatic rings. The van der Waals surface area contributed by atoms with E-state index in [-0.39, 0.29) is 18.6 Å². The van der Waals surface area contributed by atoms with Crippen molar-refractivity contribution in [3.05, 3.63) is 0 Å². The Morgan fingerprint density at radius 1 is 1.33 bits per heavy atom. The number of rotatable bonds is 1. The Morgan fingerprint density at radius 2 is 2.00 bits per heavy atom. The molecule has 1 fully saturated rings. The third kappa shape index (κ3) is 3.43. The zero-order valence-corrected chi connectivity index (χ0v) is 7.03. The quantitative estimate of drug-likeness (QED) is 0.605. The lowest BCUT2D eigenvalue weighted by Crippen LogP contribution is -2.27. The maximum atomic E-state index is 11.9. The maximum Gasteiger partial charge on any atom is 0.389 e. The van der Waals surface area contributed by atoms with E-state index >= 15 is 0 Å². The molecule has 0 spiro atoms. The average Bonchev–Trinajstić information content (AvgIpc) is 1.91. The molecule has 0 aromatic carbocycles. The van der Waals surface area contributed by atoms with Gasteiger partial charge in [0.15, 0.2) is 0 Å². The van der Waals surface area contributed by atoms with Crippen LogP contribution in [0.15, 0.2) is 0 Å². The van der Waals surface area contributed by atoms with E-state index in [4.69, 9.17) is 4.74 Å². The fraction of sp³-hybridized carbons (Fsp3) is 1.00. The van der Waals surface area contributed by atoms with Crippen molar-refractivity contribution < 1.29 is 17.9 Å². The lowest BCUT2D eigenvalue weighted by molar-refractivity contribution is -0.156. The topological polar surface area (TPSA) is 9.23 Å². The van der Waals surface area contributed by atoms with E-state index in [1.807, 2.05) is 6.92 Å². The first-order valence-electron chi connectivity index (χ1n) is 4.16. The van der Waals surface area contributed by atoms with Gasteiger partial charge in [0.1, 0.15) is 0 Å². The van der Waals surface area contributed by atoms with Crippen molar-refractivity contribution in [1.29, 1.82) is 0 Å². The number of ether oxygens (including phenoxy) is 1. The van der Waals surface area contributed by atoms with Gasteiger partial charge in [-0.05, 0) is 25.7 Å². The molecule has 1 aliphatic rings. The van der Waals surface area contributed by atoms with Crippen molar-refractivity contribution in [3.8, 4) is 0 Å². The van der Waals surface area contributed by atoms with Crippen LogP contribution in [-0.2, 0) is 4.74 Å². The predicted molar refractivity (Wildman–Crippen MR) is 38.8 cm³/mol. The van der Waals surface area contributed by atoms with Gasteiger partial charge in [-0.3, -0.25) is 0 Å². The number of halogens is 3. The number of hydrogen-bond acceptors (Lipinski definition) is 1. The lowest BCUT2D eigenvalue weighted by Gasteiger charge is -2.27. The summed E-state index contributed by atoms with van der Waals surface area (Å²) in [5.74, 6) is -0.318. The first kappa shape index (κ1) is 9.84. The van der Waals surface area contributed by atoms with Gasteiger partial charge in [-0.2, -0.15) is 13.2 Å². The third-order valence-corrected chi connectivity index (χ3v) is 2.12. The molecule has 1 heterocycles. The Bertz CT molecular complexity index is 136. The van der Waals surface area contributed by atoms with Crippen LogP contribution in [0.5, 0.6) is 0 Å². The Balaban J connectivity index is 2.26. The van der Waals surface area contributed by atoms with Gasteiger partial charge in [0, 0.05) is 6.42 Å². The number of alkyl halides is 3. The van der Waals surface area contributed by atoms with Gasteiger partial charge in [0.25, 0.3) is 0 Å². The van der Waals surface area contributed by atoms with Gasteiger partial charge in [0.05, 0.1) is 12.7 Å². The van der Waals surface area contributed by atoms with E-state index in [1.165, 1.54) is 0 Å². The predicted octanol–water partition coefficient (Wildman–Crippen LogP) is 2.75. The Morgan fingerprint density at radius 3 is 2.42 bits per heavy atom. The van der Waals surface area contributed by atoms with Crippen LogP contribution in [0.2, 0.25) is 0 Å². The molecule has 72 valence electrons. The molecule has 2 atom stereocenters. The molecule has 1 nitrogen and oxygen atoms in total. The molecule has 2 unspecified atom stereocenters. The highest BCUT2D eigenvalue weighted by Gasteiger charge is 2.33. The van der Waals surface area contributed by atoms with E-state index in [0.717, 1.165) is 6.42 Å². The SMILES string of the molecule is CC1CCC(CC(F)(F)F)CO1. The second kappa shape index (κ2) is 3.64. The molecule has 0 aromatic heterocycles. The molecule has 1 rings (SSSR count). The van der Waals surface area contributed by atoms with E-state index in [0.29, 0.717) is 6.42 Å². The maximum absolute atomic E-state index is 11.9. The van der Waals surface area contributed by atoms with Crippen molar-refractivity contribution in [2.24, 2.45) is 5.92 Å². The van der Waals surface area contributed by atoms with Crippen LogP contribution in [0.25, 0.3) is 0 Å². The molecular weight excluding hydrogens is 169 g/mol. The Labute approximate surface area is 69.9 Å². The van der Waals surface area contributed by atoms with E-state index in [1.54, 1.807) is 0 Å². The molecule has 0 saturated carbocycles. The van der Waals surface area contributed by atoms with Crippen LogP contribution in [0, 0.1) is 5.92 Å². The second-order valence-corrected chi connectivity index (χ2v) is 3.41. The summed E-state index contributed by atoms with van der Waals surface area (Å²) >= 11 is 0. The standard InChI is InChI=1S/C8H13F3O/c1-6-2-3-7(5-12-6)4-8(9,10)11/h6-7H,2-5H2,1H3. The average molecular weight is 182 g/mol. The highest BCUT2D eigenvalue weighted by atomic mass is 19.4. The lowest BCUT2D eigenvalue weighted by atomic mass is 9.96. The zero-order chi connectivity index (χ0) is 9.19. The summed E-state index contributed by atoms with van der Waals surface area (Å²) in [5, 5.41) is 0. The first-order valence-corrected chi connectivity index (χ1v) is 4.16. The van der Waals surface area contributed by atoms with Crippen LogP contribution in [0.3, 0.4) is 0 Å². The summed E-state index contributed by atoms with van der Waals surface area (Å²) in [7, 11) is 0. The highest BCUT2D eigenvalue weighted by Crippen LogP contribution is 2.30. The molecule has 0 amide bonds. The summed E-state index contributed by atoms with van der Waals surface area (Å²) in [5.41, 5.74) is 0. The second-order valence-electron chi connectivity index (χ2n) is 3.41. The molecule has 0 aliphatic carbocycles. The molecule has 0 radical (unpaired) electrons. The Hall–Kier alpha value is -0.250. The summed E-state index contributed by atoms with van der Waals surface area (Å²) in [6.45, 7) is 2.16. The van der Waals surface area contributed by atoms with Gasteiger partial charge >= 0.3 is 6.18 Å². The fourth-order valence-electron chi connectivity index (χ4n) is 1.43. The smallest absolute Gasteiger partial charge is 0.378 e. The minimum Gasteiger partial charge on any atom is -0.378 e. The van der Waals surface area contributed by atoms with Gasteiger partial charge in [0.2, 0.25) is 0 Å². The molecular formula is C8H13F3O. The first-order chi connectivity index (χ1) is 5.47. The monoisotopic (exact) mass is 182 g/mol. The third-order valence-electron chi connectivity index (χ3n) is 2.12. The fourth-order valence-corrected chi connectivity index (χ4v) is 1.43. The summed E-state index contributed by atoms with van der Waals surface area (Å²) in [6.07, 6.45) is -3.20. The number of hydrogen-bond donors (Lipinski definition) is 0. The van der Waals surface area contributed by atoms with Gasteiger partial charge in [-0.15, -0.1) is 0 Å². The molecule has 1 saturated heterocycles. The van der Waals surface area contributed by atoms with E-state index in [9.17, 15) is 13.2 Å². The van der Waals surface area contributed by atoms with E-state index in [2.05, 4.69) is 0 Å². The highest BCUT2D eigenvalue weighted by molar-refractivity contribution is 4.70. The molecule has 0 bridgehead atoms. The minimum atomic E-state index is -4.03. The molecule has 4 heteroatoms. The van der Waals surface area contributed by atoms with Crippen LogP contribution in [0.1, 0.15) is 26.2 Å². The van der Waals surface area contributed by atoms with Crippen LogP contribution >= 0.6 is 0 Å². The zero-order valence-electron chi connectivity index (χ0n) is 7.03. The van der Waals surface area contributed by atoms with Crippen molar-refractivity contribution in [2.45, 2.75) is 38.5 Å². The summed E-state index contributed by atoms with van der Waals surface area (Å²) in [4.78, 5) is 0. The van der Waals surface area contributed by atoms with Crippen LogP contribution < -0.4 is 0 Å². The largest absolute Gasteiger partial charge is 0.389 e. The minimum absolute atomic E-state index is 0.134. The van der Waals surface area contributed by atoms with Crippen LogP contribution in [0.4, 0.5) is 13.2 Å². The summed E-state index contributed by atoms with van der Waals surface area (Å²) < 4.78 is 40.8. The van der Waals surface area contributed by atoms with Crippen LogP contribution in [-0.4, -0.2) is 18.9 Å². The Kier molecular flexibility index (Phi) is 2.99. The van der Waals surface area contributed by atoms with Gasteiger partial charge in [-0.1, -0.05) is 0 Å². The normalized spacial score (nSPS) is 32.0. The molecule has 0 N–H and O–H groups in total. The van der Waals surface area contributed by atoms with Crippen molar-refractivity contribution in [1.82, 2.24) is 0 Å². The summed E-state index contributed by atoms with van der Waals surface area (Å²) in [6, 6.07) is 0. The van der Waals surface area contributed by atoms with E-state index < -0.39 is 12.6 Å². The van der Waals surface area contributed by atoms with Gasteiger partial charge in [-0.25, -0.2) is 0 Å².